The summed E-state index contributed by atoms with van der Waals surface area (Å²) in [4.78, 5) is 21.6. The van der Waals surface area contributed by atoms with Crippen LogP contribution in [0.5, 0.6) is 0 Å². The Labute approximate surface area is 92.5 Å². The summed E-state index contributed by atoms with van der Waals surface area (Å²) in [5, 5.41) is 18.9. The van der Waals surface area contributed by atoms with E-state index in [4.69, 9.17) is 9.47 Å². The van der Waals surface area contributed by atoms with E-state index in [1.54, 1.807) is 0 Å². The molecule has 90 valence electrons. The van der Waals surface area contributed by atoms with Gasteiger partial charge in [0.2, 0.25) is 0 Å². The molecule has 1 rings (SSSR count). The topological polar surface area (TPSA) is 93.1 Å². The zero-order chi connectivity index (χ0) is 12.3. The van der Waals surface area contributed by atoms with E-state index in [1.165, 1.54) is 26.0 Å². The molecule has 0 heterocycles. The molecule has 0 amide bonds. The zero-order valence-electron chi connectivity index (χ0n) is 8.99. The molecule has 1 aliphatic rings. The molecule has 16 heavy (non-hydrogen) atoms. The lowest BCUT2D eigenvalue weighted by molar-refractivity contribution is -0.176. The summed E-state index contributed by atoms with van der Waals surface area (Å²) in [6.45, 7) is 2.37. The molecule has 0 aliphatic heterocycles. The maximum atomic E-state index is 10.8. The third-order valence-corrected chi connectivity index (χ3v) is 2.11. The fourth-order valence-corrected chi connectivity index (χ4v) is 1.46. The molecule has 0 spiro atoms. The minimum absolute atomic E-state index is 0.560. The Balaban J connectivity index is 2.81. The molecular weight excluding hydrogens is 216 g/mol. The van der Waals surface area contributed by atoms with E-state index >= 15 is 0 Å². The van der Waals surface area contributed by atoms with Crippen LogP contribution in [0.25, 0.3) is 0 Å². The normalized spacial score (nSPS) is 33.2. The first-order chi connectivity index (χ1) is 7.41. The maximum Gasteiger partial charge on any atom is 0.303 e. The lowest BCUT2D eigenvalue weighted by Gasteiger charge is -2.32. The van der Waals surface area contributed by atoms with Crippen molar-refractivity contribution in [3.8, 4) is 0 Å². The fraction of sp³-hybridized carbons (Fsp3) is 0.600. The molecule has 6 nitrogen and oxygen atoms in total. The molecule has 0 aromatic heterocycles. The number of aliphatic hydroxyl groups is 2. The van der Waals surface area contributed by atoms with Gasteiger partial charge in [0.1, 0.15) is 12.2 Å². The summed E-state index contributed by atoms with van der Waals surface area (Å²) < 4.78 is 9.66. The van der Waals surface area contributed by atoms with Gasteiger partial charge in [-0.05, 0) is 6.08 Å². The number of aliphatic hydroxyl groups excluding tert-OH is 2. The molecule has 0 saturated carbocycles. The van der Waals surface area contributed by atoms with Crippen LogP contribution >= 0.6 is 0 Å². The Hall–Kier alpha value is -1.40. The Bertz CT molecular complexity index is 310. The average molecular weight is 230 g/mol. The van der Waals surface area contributed by atoms with Gasteiger partial charge in [-0.3, -0.25) is 9.59 Å². The summed E-state index contributed by atoms with van der Waals surface area (Å²) in [6, 6.07) is 0. The lowest BCUT2D eigenvalue weighted by Crippen LogP contribution is -2.49. The van der Waals surface area contributed by atoms with Crippen molar-refractivity contribution in [3.05, 3.63) is 12.2 Å². The molecule has 0 fully saturated rings. The number of esters is 2. The van der Waals surface area contributed by atoms with Crippen molar-refractivity contribution in [1.82, 2.24) is 0 Å². The van der Waals surface area contributed by atoms with Gasteiger partial charge in [-0.15, -0.1) is 0 Å². The number of carbonyl (C=O) groups excluding carboxylic acids is 2. The Kier molecular flexibility index (Phi) is 4.03. The predicted molar refractivity (Wildman–Crippen MR) is 52.3 cm³/mol. The molecule has 1 aliphatic carbocycles. The van der Waals surface area contributed by atoms with Crippen LogP contribution < -0.4 is 0 Å². The van der Waals surface area contributed by atoms with E-state index in [2.05, 4.69) is 0 Å². The van der Waals surface area contributed by atoms with E-state index in [0.717, 1.165) is 0 Å². The molecule has 0 aromatic carbocycles. The standard InChI is InChI=1S/C10H14O6/c1-5(11)15-8-4-3-7(13)9(14)10(8)16-6(2)12/h3-4,7-10,13-14H,1-2H3/t7-,8-,9-,10+/m0/s1. The average Bonchev–Trinajstić information content (AvgIpc) is 2.16. The maximum absolute atomic E-state index is 10.8. The summed E-state index contributed by atoms with van der Waals surface area (Å²) >= 11 is 0. The van der Waals surface area contributed by atoms with Crippen molar-refractivity contribution in [2.75, 3.05) is 0 Å². The minimum atomic E-state index is -1.31. The molecule has 4 atom stereocenters. The number of hydrogen-bond acceptors (Lipinski definition) is 6. The summed E-state index contributed by atoms with van der Waals surface area (Å²) in [6.07, 6.45) is -1.74. The Morgan fingerprint density at radius 2 is 1.62 bits per heavy atom. The van der Waals surface area contributed by atoms with Crippen LogP contribution in [0.1, 0.15) is 13.8 Å². The summed E-state index contributed by atoms with van der Waals surface area (Å²) in [5.41, 5.74) is 0. The van der Waals surface area contributed by atoms with E-state index in [-0.39, 0.29) is 0 Å². The monoisotopic (exact) mass is 230 g/mol. The van der Waals surface area contributed by atoms with Gasteiger partial charge in [0.05, 0.1) is 0 Å². The molecule has 0 unspecified atom stereocenters. The van der Waals surface area contributed by atoms with Crippen LogP contribution in [0.15, 0.2) is 12.2 Å². The quantitative estimate of drug-likeness (QED) is 0.473. The zero-order valence-corrected chi connectivity index (χ0v) is 8.99. The van der Waals surface area contributed by atoms with E-state index in [9.17, 15) is 19.8 Å². The number of carbonyl (C=O) groups is 2. The molecule has 0 saturated heterocycles. The second-order valence-electron chi connectivity index (χ2n) is 3.51. The van der Waals surface area contributed by atoms with Gasteiger partial charge in [-0.2, -0.15) is 0 Å². The minimum Gasteiger partial charge on any atom is -0.455 e. The first kappa shape index (κ1) is 12.7. The number of ether oxygens (including phenoxy) is 2. The first-order valence-corrected chi connectivity index (χ1v) is 4.80. The van der Waals surface area contributed by atoms with Crippen LogP contribution in [0.4, 0.5) is 0 Å². The van der Waals surface area contributed by atoms with Crippen molar-refractivity contribution < 1.29 is 29.3 Å². The van der Waals surface area contributed by atoms with Crippen LogP contribution in [-0.4, -0.2) is 46.6 Å². The van der Waals surface area contributed by atoms with Crippen LogP contribution in [0, 0.1) is 0 Å². The Morgan fingerprint density at radius 3 is 2.12 bits per heavy atom. The second-order valence-corrected chi connectivity index (χ2v) is 3.51. The van der Waals surface area contributed by atoms with Crippen LogP contribution in [0.3, 0.4) is 0 Å². The molecule has 0 radical (unpaired) electrons. The van der Waals surface area contributed by atoms with Gasteiger partial charge in [0, 0.05) is 13.8 Å². The van der Waals surface area contributed by atoms with E-state index in [1.807, 2.05) is 0 Å². The summed E-state index contributed by atoms with van der Waals surface area (Å²) in [5.74, 6) is -1.18. The molecule has 0 aromatic rings. The summed E-state index contributed by atoms with van der Waals surface area (Å²) in [7, 11) is 0. The van der Waals surface area contributed by atoms with Crippen molar-refractivity contribution in [1.29, 1.82) is 0 Å². The van der Waals surface area contributed by atoms with Crippen molar-refractivity contribution >= 4 is 11.9 Å². The highest BCUT2D eigenvalue weighted by Crippen LogP contribution is 2.19. The highest BCUT2D eigenvalue weighted by molar-refractivity contribution is 5.67. The van der Waals surface area contributed by atoms with E-state index < -0.39 is 36.4 Å². The second kappa shape index (κ2) is 5.09. The van der Waals surface area contributed by atoms with Gasteiger partial charge in [0.15, 0.2) is 12.2 Å². The van der Waals surface area contributed by atoms with Crippen molar-refractivity contribution in [2.24, 2.45) is 0 Å². The molecule has 0 bridgehead atoms. The van der Waals surface area contributed by atoms with Gasteiger partial charge in [-0.25, -0.2) is 0 Å². The molecule has 2 N–H and O–H groups in total. The van der Waals surface area contributed by atoms with Crippen LogP contribution in [-0.2, 0) is 19.1 Å². The van der Waals surface area contributed by atoms with Gasteiger partial charge >= 0.3 is 11.9 Å². The van der Waals surface area contributed by atoms with Crippen LogP contribution in [0.2, 0.25) is 0 Å². The van der Waals surface area contributed by atoms with Gasteiger partial charge in [-0.1, -0.05) is 6.08 Å². The third-order valence-electron chi connectivity index (χ3n) is 2.11. The first-order valence-electron chi connectivity index (χ1n) is 4.80. The highest BCUT2D eigenvalue weighted by Gasteiger charge is 2.38. The largest absolute Gasteiger partial charge is 0.455 e. The van der Waals surface area contributed by atoms with Crippen molar-refractivity contribution in [3.63, 3.8) is 0 Å². The van der Waals surface area contributed by atoms with E-state index in [0.29, 0.717) is 0 Å². The van der Waals surface area contributed by atoms with Crippen molar-refractivity contribution in [2.45, 2.75) is 38.3 Å². The SMILES string of the molecule is CC(=O)O[C@H]1[C@@H](O)[C@@H](O)C=C[C@@H]1OC(C)=O. The smallest absolute Gasteiger partial charge is 0.303 e. The van der Waals surface area contributed by atoms with Gasteiger partial charge in [0.25, 0.3) is 0 Å². The lowest BCUT2D eigenvalue weighted by atomic mass is 9.96. The predicted octanol–water partition coefficient (Wildman–Crippen LogP) is -0.859. The number of rotatable bonds is 2. The molecule has 6 heteroatoms. The highest BCUT2D eigenvalue weighted by atomic mass is 16.6. The van der Waals surface area contributed by atoms with Gasteiger partial charge < -0.3 is 19.7 Å². The molecular formula is C10H14O6. The Morgan fingerprint density at radius 1 is 1.06 bits per heavy atom. The fourth-order valence-electron chi connectivity index (χ4n) is 1.46. The third kappa shape index (κ3) is 3.04. The number of hydrogen-bond donors (Lipinski definition) is 2.